The minimum atomic E-state index is -4.44. The zero-order chi connectivity index (χ0) is 11.7. The van der Waals surface area contributed by atoms with Gasteiger partial charge in [-0.2, -0.15) is 13.2 Å². The summed E-state index contributed by atoms with van der Waals surface area (Å²) in [5, 5.41) is 0. The third-order valence-corrected chi connectivity index (χ3v) is 1.24. The lowest BCUT2D eigenvalue weighted by molar-refractivity contribution is -0.191. The third kappa shape index (κ3) is 11.1. The summed E-state index contributed by atoms with van der Waals surface area (Å²) in [6.45, 7) is 1.12. The van der Waals surface area contributed by atoms with Gasteiger partial charge in [-0.05, 0) is 6.42 Å². The third-order valence-electron chi connectivity index (χ3n) is 1.24. The first-order valence-electron chi connectivity index (χ1n) is 4.51. The van der Waals surface area contributed by atoms with E-state index >= 15 is 0 Å². The van der Waals surface area contributed by atoms with Crippen molar-refractivity contribution in [2.75, 3.05) is 19.8 Å². The van der Waals surface area contributed by atoms with Crippen LogP contribution >= 0.6 is 0 Å². The van der Waals surface area contributed by atoms with Crippen LogP contribution in [0.1, 0.15) is 19.8 Å². The number of hydroxylamine groups is 1. The van der Waals surface area contributed by atoms with Gasteiger partial charge < -0.3 is 4.74 Å². The molecule has 0 aliphatic heterocycles. The highest BCUT2D eigenvalue weighted by atomic mass is 19.4. The summed E-state index contributed by atoms with van der Waals surface area (Å²) < 4.78 is 39.6. The van der Waals surface area contributed by atoms with Gasteiger partial charge in [-0.3, -0.25) is 9.63 Å². The van der Waals surface area contributed by atoms with Gasteiger partial charge in [0.25, 0.3) is 0 Å². The summed E-state index contributed by atoms with van der Waals surface area (Å²) in [4.78, 5) is 14.7. The maximum atomic E-state index is 11.6. The van der Waals surface area contributed by atoms with E-state index < -0.39 is 18.7 Å². The Bertz CT molecular complexity index is 184. The minimum Gasteiger partial charge on any atom is -0.381 e. The molecule has 15 heavy (non-hydrogen) atoms. The number of halogens is 3. The molecule has 0 aromatic heterocycles. The molecular weight excluding hydrogens is 215 g/mol. The fourth-order valence-electron chi connectivity index (χ4n) is 0.661. The van der Waals surface area contributed by atoms with Gasteiger partial charge in [-0.1, -0.05) is 6.92 Å². The lowest BCUT2D eigenvalue weighted by Gasteiger charge is -2.08. The van der Waals surface area contributed by atoms with Crippen LogP contribution in [0.2, 0.25) is 0 Å². The number of amides is 1. The minimum absolute atomic E-state index is 0.0160. The number of hydrogen-bond donors (Lipinski definition) is 1. The first-order chi connectivity index (χ1) is 6.95. The summed E-state index contributed by atoms with van der Waals surface area (Å²) in [5.74, 6) is -0.629. The molecule has 0 radical (unpaired) electrons. The maximum Gasteiger partial charge on any atom is 0.414 e. The second kappa shape index (κ2) is 7.47. The van der Waals surface area contributed by atoms with E-state index in [2.05, 4.69) is 4.84 Å². The molecule has 1 N–H and O–H groups in total. The zero-order valence-corrected chi connectivity index (χ0v) is 8.39. The molecule has 0 heterocycles. The van der Waals surface area contributed by atoms with Crippen LogP contribution in [0.5, 0.6) is 0 Å². The van der Waals surface area contributed by atoms with Gasteiger partial charge in [0, 0.05) is 6.61 Å². The van der Waals surface area contributed by atoms with Crippen LogP contribution < -0.4 is 5.48 Å². The van der Waals surface area contributed by atoms with Crippen LogP contribution in [0.25, 0.3) is 0 Å². The molecule has 0 bridgehead atoms. The molecule has 0 fully saturated rings. The van der Waals surface area contributed by atoms with Crippen LogP contribution in [-0.4, -0.2) is 31.9 Å². The SMILES string of the molecule is CCCOCCC(=O)NOCC(F)(F)F. The Labute approximate surface area is 85.7 Å². The van der Waals surface area contributed by atoms with E-state index in [1.54, 1.807) is 5.48 Å². The molecule has 90 valence electrons. The predicted molar refractivity (Wildman–Crippen MR) is 45.9 cm³/mol. The molecule has 0 aliphatic rings. The highest BCUT2D eigenvalue weighted by Crippen LogP contribution is 2.13. The average molecular weight is 229 g/mol. The van der Waals surface area contributed by atoms with Gasteiger partial charge in [-0.15, -0.1) is 0 Å². The lowest BCUT2D eigenvalue weighted by atomic mass is 10.4. The topological polar surface area (TPSA) is 47.6 Å². The van der Waals surface area contributed by atoms with E-state index in [-0.39, 0.29) is 13.0 Å². The van der Waals surface area contributed by atoms with Crippen LogP contribution in [0, 0.1) is 0 Å². The lowest BCUT2D eigenvalue weighted by Crippen LogP contribution is -2.30. The molecule has 0 aromatic rings. The normalized spacial score (nSPS) is 11.5. The fraction of sp³-hybridized carbons (Fsp3) is 0.875. The molecule has 0 atom stereocenters. The van der Waals surface area contributed by atoms with Gasteiger partial charge in [0.15, 0.2) is 6.61 Å². The fourth-order valence-corrected chi connectivity index (χ4v) is 0.661. The van der Waals surface area contributed by atoms with Crippen molar-refractivity contribution < 1.29 is 27.5 Å². The second-order valence-corrected chi connectivity index (χ2v) is 2.79. The molecule has 0 unspecified atom stereocenters. The van der Waals surface area contributed by atoms with Crippen molar-refractivity contribution in [3.05, 3.63) is 0 Å². The highest BCUT2D eigenvalue weighted by Gasteiger charge is 2.28. The highest BCUT2D eigenvalue weighted by molar-refractivity contribution is 5.74. The Morgan fingerprint density at radius 1 is 1.33 bits per heavy atom. The number of rotatable bonds is 7. The number of hydrogen-bond acceptors (Lipinski definition) is 3. The van der Waals surface area contributed by atoms with Crippen molar-refractivity contribution in [3.8, 4) is 0 Å². The van der Waals surface area contributed by atoms with Crippen LogP contribution in [-0.2, 0) is 14.4 Å². The van der Waals surface area contributed by atoms with Crippen molar-refractivity contribution in [1.29, 1.82) is 0 Å². The Morgan fingerprint density at radius 3 is 2.53 bits per heavy atom. The number of nitrogens with one attached hydrogen (secondary N) is 1. The molecule has 0 spiro atoms. The number of carbonyl (C=O) groups is 1. The Kier molecular flexibility index (Phi) is 7.06. The van der Waals surface area contributed by atoms with Crippen molar-refractivity contribution in [1.82, 2.24) is 5.48 Å². The number of alkyl halides is 3. The molecular formula is C8H14F3NO3. The molecule has 0 aromatic carbocycles. The smallest absolute Gasteiger partial charge is 0.381 e. The Balaban J connectivity index is 3.34. The van der Waals surface area contributed by atoms with Crippen molar-refractivity contribution in [2.45, 2.75) is 25.9 Å². The molecule has 0 rings (SSSR count). The molecule has 1 amide bonds. The van der Waals surface area contributed by atoms with E-state index in [9.17, 15) is 18.0 Å². The van der Waals surface area contributed by atoms with Crippen molar-refractivity contribution >= 4 is 5.91 Å². The number of ether oxygens (including phenoxy) is 1. The summed E-state index contributed by atoms with van der Waals surface area (Å²) in [7, 11) is 0. The van der Waals surface area contributed by atoms with Crippen LogP contribution in [0.4, 0.5) is 13.2 Å². The quantitative estimate of drug-likeness (QED) is 0.530. The Morgan fingerprint density at radius 2 is 2.00 bits per heavy atom. The summed E-state index contributed by atoms with van der Waals surface area (Å²) in [5.41, 5.74) is 1.68. The predicted octanol–water partition coefficient (Wildman–Crippen LogP) is 1.41. The molecule has 0 aliphatic carbocycles. The van der Waals surface area contributed by atoms with Gasteiger partial charge in [0.1, 0.15) is 0 Å². The standard InChI is InChI=1S/C8H14F3NO3/c1-2-4-14-5-3-7(13)12-15-6-8(9,10)11/h2-6H2,1H3,(H,12,13). The maximum absolute atomic E-state index is 11.6. The van der Waals surface area contributed by atoms with Crippen LogP contribution in [0.15, 0.2) is 0 Å². The van der Waals surface area contributed by atoms with E-state index in [1.165, 1.54) is 0 Å². The van der Waals surface area contributed by atoms with Gasteiger partial charge in [0.05, 0.1) is 13.0 Å². The Hall–Kier alpha value is -0.820. The largest absolute Gasteiger partial charge is 0.414 e. The zero-order valence-electron chi connectivity index (χ0n) is 8.39. The molecule has 7 heteroatoms. The first-order valence-corrected chi connectivity index (χ1v) is 4.51. The van der Waals surface area contributed by atoms with Crippen molar-refractivity contribution in [2.24, 2.45) is 0 Å². The molecule has 0 saturated carbocycles. The average Bonchev–Trinajstić information content (AvgIpc) is 2.10. The van der Waals surface area contributed by atoms with E-state index in [0.717, 1.165) is 6.42 Å². The molecule has 0 saturated heterocycles. The summed E-state index contributed by atoms with van der Waals surface area (Å²) in [6.07, 6.45) is -3.63. The van der Waals surface area contributed by atoms with E-state index in [0.29, 0.717) is 6.61 Å². The van der Waals surface area contributed by atoms with E-state index in [1.807, 2.05) is 6.92 Å². The summed E-state index contributed by atoms with van der Waals surface area (Å²) in [6, 6.07) is 0. The van der Waals surface area contributed by atoms with Gasteiger partial charge >= 0.3 is 6.18 Å². The monoisotopic (exact) mass is 229 g/mol. The molecule has 4 nitrogen and oxygen atoms in total. The van der Waals surface area contributed by atoms with Crippen molar-refractivity contribution in [3.63, 3.8) is 0 Å². The second-order valence-electron chi connectivity index (χ2n) is 2.79. The van der Waals surface area contributed by atoms with Gasteiger partial charge in [-0.25, -0.2) is 5.48 Å². The van der Waals surface area contributed by atoms with E-state index in [4.69, 9.17) is 4.74 Å². The number of carbonyl (C=O) groups excluding carboxylic acids is 1. The van der Waals surface area contributed by atoms with Crippen LogP contribution in [0.3, 0.4) is 0 Å². The summed E-state index contributed by atoms with van der Waals surface area (Å²) >= 11 is 0. The van der Waals surface area contributed by atoms with Gasteiger partial charge in [0.2, 0.25) is 5.91 Å². The first kappa shape index (κ1) is 14.2.